The molecule has 3 aromatic rings. The standard InChI is InChI=1S/C32H40N3S/c1-2-23-35-28-11-5-6-12-29(28)36-30(35)18-15-26-13-16-27(17-14-26)34-24-31(19-7-3-8-20-31)33-32(25-34)21-9-4-10-22-32/h2,5-6,11-18,33H,1,3-4,7-10,19-25H2/q+1. The summed E-state index contributed by atoms with van der Waals surface area (Å²) in [6.45, 7) is 7.12. The summed E-state index contributed by atoms with van der Waals surface area (Å²) in [4.78, 5) is 2.73. The predicted molar refractivity (Wildman–Crippen MR) is 155 cm³/mol. The van der Waals surface area contributed by atoms with E-state index in [1.807, 2.05) is 17.4 Å². The molecule has 0 unspecified atom stereocenters. The summed E-state index contributed by atoms with van der Waals surface area (Å²) in [5.74, 6) is 0. The second kappa shape index (κ2) is 10.1. The monoisotopic (exact) mass is 498 g/mol. The van der Waals surface area contributed by atoms with E-state index >= 15 is 0 Å². The quantitative estimate of drug-likeness (QED) is 0.293. The molecule has 3 nitrogen and oxygen atoms in total. The van der Waals surface area contributed by atoms with Crippen molar-refractivity contribution in [2.75, 3.05) is 18.0 Å². The molecule has 2 aromatic carbocycles. The van der Waals surface area contributed by atoms with Gasteiger partial charge in [-0.05, 0) is 61.6 Å². The van der Waals surface area contributed by atoms with Gasteiger partial charge in [0.05, 0.1) is 0 Å². The van der Waals surface area contributed by atoms with Crippen molar-refractivity contribution in [1.82, 2.24) is 5.32 Å². The highest BCUT2D eigenvalue weighted by atomic mass is 32.1. The third-order valence-electron chi connectivity index (χ3n) is 8.76. The molecule has 36 heavy (non-hydrogen) atoms. The van der Waals surface area contributed by atoms with Crippen LogP contribution in [-0.4, -0.2) is 24.2 Å². The number of piperazine rings is 1. The Kier molecular flexibility index (Phi) is 6.74. The van der Waals surface area contributed by atoms with Gasteiger partial charge in [-0.1, -0.05) is 80.7 Å². The van der Waals surface area contributed by atoms with E-state index in [0.717, 1.165) is 19.6 Å². The van der Waals surface area contributed by atoms with Crippen LogP contribution >= 0.6 is 11.3 Å². The van der Waals surface area contributed by atoms with Crippen molar-refractivity contribution in [2.45, 2.75) is 81.8 Å². The van der Waals surface area contributed by atoms with Gasteiger partial charge < -0.3 is 10.2 Å². The summed E-state index contributed by atoms with van der Waals surface area (Å²) >= 11 is 1.85. The summed E-state index contributed by atoms with van der Waals surface area (Å²) < 4.78 is 3.67. The molecule has 2 heterocycles. The van der Waals surface area contributed by atoms with Crippen LogP contribution in [0.5, 0.6) is 0 Å². The number of aromatic nitrogens is 1. The smallest absolute Gasteiger partial charge is 0.263 e. The molecule has 2 saturated carbocycles. The van der Waals surface area contributed by atoms with Crippen LogP contribution in [0.1, 0.15) is 74.8 Å². The van der Waals surface area contributed by atoms with Gasteiger partial charge in [0.25, 0.3) is 5.01 Å². The first-order valence-corrected chi connectivity index (χ1v) is 14.8. The maximum absolute atomic E-state index is 4.30. The fourth-order valence-corrected chi connectivity index (χ4v) is 8.17. The van der Waals surface area contributed by atoms with E-state index in [1.165, 1.54) is 90.7 Å². The molecule has 3 fully saturated rings. The number of rotatable bonds is 5. The minimum absolute atomic E-state index is 0.312. The number of thiazole rings is 1. The lowest BCUT2D eigenvalue weighted by molar-refractivity contribution is -0.658. The second-order valence-corrected chi connectivity index (χ2v) is 12.5. The molecule has 1 aliphatic heterocycles. The van der Waals surface area contributed by atoms with E-state index in [2.05, 4.69) is 82.0 Å². The summed E-state index contributed by atoms with van der Waals surface area (Å²) in [6, 6.07) is 18.0. The molecule has 2 aliphatic carbocycles. The Morgan fingerprint density at radius 1 is 0.833 bits per heavy atom. The van der Waals surface area contributed by atoms with Crippen molar-refractivity contribution >= 4 is 39.4 Å². The van der Waals surface area contributed by atoms with E-state index in [1.54, 1.807) is 0 Å². The summed E-state index contributed by atoms with van der Waals surface area (Å²) in [5, 5.41) is 5.56. The summed E-state index contributed by atoms with van der Waals surface area (Å²) in [7, 11) is 0. The second-order valence-electron chi connectivity index (χ2n) is 11.4. The first kappa shape index (κ1) is 23.9. The van der Waals surface area contributed by atoms with E-state index in [0.29, 0.717) is 11.1 Å². The zero-order chi connectivity index (χ0) is 24.4. The number of nitrogens with zero attached hydrogens (tertiary/aromatic N) is 2. The van der Waals surface area contributed by atoms with Crippen molar-refractivity contribution in [1.29, 1.82) is 0 Å². The van der Waals surface area contributed by atoms with E-state index in [-0.39, 0.29) is 0 Å². The average Bonchev–Trinajstić information content (AvgIpc) is 3.26. The fourth-order valence-electron chi connectivity index (χ4n) is 7.09. The minimum atomic E-state index is 0.312. The number of allylic oxidation sites excluding steroid dienone is 1. The Morgan fingerprint density at radius 2 is 1.47 bits per heavy atom. The number of fused-ring (bicyclic) bond motifs is 1. The molecular weight excluding hydrogens is 458 g/mol. The highest BCUT2D eigenvalue weighted by Crippen LogP contribution is 2.41. The van der Waals surface area contributed by atoms with Gasteiger partial charge in [-0.15, -0.1) is 0 Å². The number of hydrogen-bond donors (Lipinski definition) is 1. The molecule has 1 N–H and O–H groups in total. The zero-order valence-electron chi connectivity index (χ0n) is 21.6. The van der Waals surface area contributed by atoms with Crippen LogP contribution in [-0.2, 0) is 6.54 Å². The topological polar surface area (TPSA) is 19.1 Å². The Labute approximate surface area is 220 Å². The lowest BCUT2D eigenvalue weighted by Gasteiger charge is -2.57. The summed E-state index contributed by atoms with van der Waals surface area (Å²) in [5.41, 5.74) is 4.56. The lowest BCUT2D eigenvalue weighted by atomic mass is 9.72. The summed E-state index contributed by atoms with van der Waals surface area (Å²) in [6.07, 6.45) is 20.2. The zero-order valence-corrected chi connectivity index (χ0v) is 22.4. The molecule has 0 radical (unpaired) electrons. The van der Waals surface area contributed by atoms with Gasteiger partial charge >= 0.3 is 0 Å². The molecule has 0 bridgehead atoms. The van der Waals surface area contributed by atoms with Crippen molar-refractivity contribution in [3.8, 4) is 0 Å². The first-order chi connectivity index (χ1) is 17.7. The SMILES string of the molecule is C=CC[n+]1c(/C=C/c2ccc(N3CC4(CCCCC4)NC4(CCCCC4)C3)cc2)sc2ccccc21. The van der Waals surface area contributed by atoms with Gasteiger partial charge in [0.15, 0.2) is 6.54 Å². The van der Waals surface area contributed by atoms with Crippen molar-refractivity contribution in [3.63, 3.8) is 0 Å². The van der Waals surface area contributed by atoms with Crippen LogP contribution < -0.4 is 14.8 Å². The Balaban J connectivity index is 1.23. The first-order valence-electron chi connectivity index (χ1n) is 14.0. The highest BCUT2D eigenvalue weighted by molar-refractivity contribution is 7.18. The van der Waals surface area contributed by atoms with Gasteiger partial charge in [-0.2, -0.15) is 4.57 Å². The third kappa shape index (κ3) is 4.78. The van der Waals surface area contributed by atoms with Crippen LogP contribution in [0.4, 0.5) is 5.69 Å². The van der Waals surface area contributed by atoms with Gasteiger partial charge in [0, 0.05) is 42.0 Å². The maximum Gasteiger partial charge on any atom is 0.263 e. The number of anilines is 1. The van der Waals surface area contributed by atoms with E-state index in [4.69, 9.17) is 0 Å². The predicted octanol–water partition coefficient (Wildman–Crippen LogP) is 7.36. The van der Waals surface area contributed by atoms with Crippen molar-refractivity contribution in [2.24, 2.45) is 0 Å². The molecule has 0 atom stereocenters. The molecule has 4 heteroatoms. The van der Waals surface area contributed by atoms with E-state index in [9.17, 15) is 0 Å². The van der Waals surface area contributed by atoms with Crippen molar-refractivity contribution in [3.05, 3.63) is 71.8 Å². The average molecular weight is 499 g/mol. The molecule has 1 saturated heterocycles. The van der Waals surface area contributed by atoms with Crippen LogP contribution in [0.25, 0.3) is 22.4 Å². The van der Waals surface area contributed by atoms with Crippen LogP contribution in [0.15, 0.2) is 61.2 Å². The maximum atomic E-state index is 4.30. The normalized spacial score (nSPS) is 21.5. The molecule has 6 rings (SSSR count). The highest BCUT2D eigenvalue weighted by Gasteiger charge is 2.47. The van der Waals surface area contributed by atoms with Gasteiger partial charge in [0.2, 0.25) is 5.52 Å². The molecule has 188 valence electrons. The lowest BCUT2D eigenvalue weighted by Crippen LogP contribution is -2.72. The van der Waals surface area contributed by atoms with Crippen LogP contribution in [0.2, 0.25) is 0 Å². The Hall–Kier alpha value is -2.43. The largest absolute Gasteiger partial charge is 0.368 e. The Morgan fingerprint density at radius 3 is 2.11 bits per heavy atom. The van der Waals surface area contributed by atoms with Gasteiger partial charge in [0.1, 0.15) is 4.70 Å². The van der Waals surface area contributed by atoms with E-state index < -0.39 is 0 Å². The molecule has 1 aromatic heterocycles. The number of para-hydroxylation sites is 1. The molecule has 0 amide bonds. The minimum Gasteiger partial charge on any atom is -0.368 e. The molecule has 3 aliphatic rings. The number of nitrogens with one attached hydrogen (secondary N) is 1. The fraction of sp³-hybridized carbons (Fsp3) is 0.469. The molecule has 2 spiro atoms. The molecular formula is C32H40N3S+. The Bertz CT molecular complexity index is 1200. The number of hydrogen-bond acceptors (Lipinski definition) is 3. The van der Waals surface area contributed by atoms with Gasteiger partial charge in [-0.3, -0.25) is 0 Å². The third-order valence-corrected chi connectivity index (χ3v) is 9.89. The van der Waals surface area contributed by atoms with Gasteiger partial charge in [-0.25, -0.2) is 0 Å². The van der Waals surface area contributed by atoms with Crippen LogP contribution in [0.3, 0.4) is 0 Å². The number of benzene rings is 2. The van der Waals surface area contributed by atoms with Crippen LogP contribution in [0, 0.1) is 0 Å². The van der Waals surface area contributed by atoms with Crippen molar-refractivity contribution < 1.29 is 4.57 Å².